The van der Waals surface area contributed by atoms with Gasteiger partial charge in [0.05, 0.1) is 7.11 Å². The first-order chi connectivity index (χ1) is 10.3. The number of hydrogen-bond donors (Lipinski definition) is 1. The lowest BCUT2D eigenvalue weighted by molar-refractivity contribution is 0.0937. The molecule has 3 rings (SSSR count). The van der Waals surface area contributed by atoms with Gasteiger partial charge in [-0.3, -0.25) is 4.79 Å². The number of rotatable bonds is 4. The molecule has 110 valence electrons. The van der Waals surface area contributed by atoms with Crippen molar-refractivity contribution in [1.29, 1.82) is 0 Å². The van der Waals surface area contributed by atoms with Gasteiger partial charge in [-0.05, 0) is 18.4 Å². The Morgan fingerprint density at radius 1 is 1.48 bits per heavy atom. The Labute approximate surface area is 122 Å². The van der Waals surface area contributed by atoms with Crippen molar-refractivity contribution in [3.63, 3.8) is 0 Å². The lowest BCUT2D eigenvalue weighted by atomic mass is 9.99. The number of aryl methyl sites for hydroxylation is 1. The Morgan fingerprint density at radius 3 is 3.14 bits per heavy atom. The van der Waals surface area contributed by atoms with Crippen molar-refractivity contribution in [3.05, 3.63) is 36.0 Å². The Balaban J connectivity index is 1.54. The van der Waals surface area contributed by atoms with Crippen molar-refractivity contribution in [2.75, 3.05) is 13.7 Å². The van der Waals surface area contributed by atoms with Gasteiger partial charge >= 0.3 is 0 Å². The number of hydrogen-bond acceptors (Lipinski definition) is 5. The minimum Gasteiger partial charge on any atom is -0.480 e. The number of carbonyl (C=O) groups is 1. The van der Waals surface area contributed by atoms with E-state index in [1.165, 1.54) is 7.11 Å². The van der Waals surface area contributed by atoms with E-state index in [1.54, 1.807) is 12.1 Å². The van der Waals surface area contributed by atoms with Crippen LogP contribution in [0.1, 0.15) is 22.7 Å². The number of nitrogens with zero attached hydrogens (tertiary/aromatic N) is 4. The van der Waals surface area contributed by atoms with Crippen molar-refractivity contribution in [1.82, 2.24) is 25.1 Å². The maximum Gasteiger partial charge on any atom is 0.271 e. The molecule has 0 aliphatic carbocycles. The van der Waals surface area contributed by atoms with Crippen molar-refractivity contribution in [2.45, 2.75) is 19.4 Å². The molecule has 7 nitrogen and oxygen atoms in total. The molecule has 0 spiro atoms. The molecule has 1 amide bonds. The summed E-state index contributed by atoms with van der Waals surface area (Å²) >= 11 is 0. The highest BCUT2D eigenvalue weighted by molar-refractivity contribution is 5.92. The largest absolute Gasteiger partial charge is 0.480 e. The minimum absolute atomic E-state index is 0.207. The van der Waals surface area contributed by atoms with E-state index < -0.39 is 0 Å². The molecule has 0 saturated heterocycles. The molecule has 2 aromatic rings. The zero-order valence-electron chi connectivity index (χ0n) is 11.8. The molecule has 2 aromatic heterocycles. The molecule has 3 heterocycles. The first-order valence-corrected chi connectivity index (χ1v) is 6.92. The maximum atomic E-state index is 12.0. The summed E-state index contributed by atoms with van der Waals surface area (Å²) in [7, 11) is 1.51. The molecular formula is C14H17N5O2. The summed E-state index contributed by atoms with van der Waals surface area (Å²) in [5, 5.41) is 10.5. The molecule has 0 saturated carbocycles. The molecule has 0 fully saturated rings. The van der Waals surface area contributed by atoms with Crippen LogP contribution in [0.3, 0.4) is 0 Å². The van der Waals surface area contributed by atoms with Crippen LogP contribution in [0.2, 0.25) is 0 Å². The summed E-state index contributed by atoms with van der Waals surface area (Å²) in [6.45, 7) is 1.52. The van der Waals surface area contributed by atoms with Crippen LogP contribution in [-0.2, 0) is 13.0 Å². The van der Waals surface area contributed by atoms with Crippen LogP contribution in [0.5, 0.6) is 5.88 Å². The fourth-order valence-electron chi connectivity index (χ4n) is 2.48. The number of fused-ring (bicyclic) bond motifs is 1. The molecule has 7 heteroatoms. The summed E-state index contributed by atoms with van der Waals surface area (Å²) < 4.78 is 7.06. The molecule has 1 aliphatic rings. The van der Waals surface area contributed by atoms with Crippen LogP contribution in [0.25, 0.3) is 0 Å². The van der Waals surface area contributed by atoms with E-state index in [2.05, 4.69) is 25.1 Å². The van der Waals surface area contributed by atoms with Gasteiger partial charge in [0, 0.05) is 38.0 Å². The van der Waals surface area contributed by atoms with Crippen molar-refractivity contribution in [2.24, 2.45) is 5.92 Å². The Hall–Kier alpha value is -2.44. The van der Waals surface area contributed by atoms with Gasteiger partial charge in [-0.15, -0.1) is 10.2 Å². The summed E-state index contributed by atoms with van der Waals surface area (Å²) in [5.74, 6) is 1.73. The predicted molar refractivity (Wildman–Crippen MR) is 75.0 cm³/mol. The van der Waals surface area contributed by atoms with Gasteiger partial charge in [0.15, 0.2) is 5.69 Å². The maximum absolute atomic E-state index is 12.0. The molecular weight excluding hydrogens is 270 g/mol. The second kappa shape index (κ2) is 5.90. The zero-order valence-corrected chi connectivity index (χ0v) is 11.8. The molecule has 1 atom stereocenters. The van der Waals surface area contributed by atoms with Gasteiger partial charge in [-0.2, -0.15) is 0 Å². The second-order valence-corrected chi connectivity index (χ2v) is 5.07. The van der Waals surface area contributed by atoms with E-state index in [0.717, 1.165) is 25.2 Å². The smallest absolute Gasteiger partial charge is 0.271 e. The first-order valence-electron chi connectivity index (χ1n) is 6.92. The SMILES string of the molecule is COc1ccc(C(=O)NC[C@H]2CCc3nccn3C2)nn1. The van der Waals surface area contributed by atoms with Gasteiger partial charge in [0.25, 0.3) is 5.91 Å². The van der Waals surface area contributed by atoms with Crippen LogP contribution >= 0.6 is 0 Å². The Kier molecular flexibility index (Phi) is 3.81. The van der Waals surface area contributed by atoms with Crippen molar-refractivity contribution < 1.29 is 9.53 Å². The van der Waals surface area contributed by atoms with Gasteiger partial charge in [0.1, 0.15) is 5.82 Å². The predicted octanol–water partition coefficient (Wildman–Crippen LogP) is 0.674. The quantitative estimate of drug-likeness (QED) is 0.894. The lowest BCUT2D eigenvalue weighted by Crippen LogP contribution is -2.34. The van der Waals surface area contributed by atoms with Crippen molar-refractivity contribution >= 4 is 5.91 Å². The van der Waals surface area contributed by atoms with E-state index in [9.17, 15) is 4.79 Å². The fourth-order valence-corrected chi connectivity index (χ4v) is 2.48. The second-order valence-electron chi connectivity index (χ2n) is 5.07. The number of carbonyl (C=O) groups excluding carboxylic acids is 1. The Bertz CT molecular complexity index is 623. The van der Waals surface area contributed by atoms with Gasteiger partial charge in [-0.25, -0.2) is 4.98 Å². The number of aromatic nitrogens is 4. The average Bonchev–Trinajstić information content (AvgIpc) is 3.00. The fraction of sp³-hybridized carbons (Fsp3) is 0.429. The van der Waals surface area contributed by atoms with E-state index in [1.807, 2.05) is 12.4 Å². The summed E-state index contributed by atoms with van der Waals surface area (Å²) in [4.78, 5) is 16.3. The van der Waals surface area contributed by atoms with Crippen LogP contribution < -0.4 is 10.1 Å². The van der Waals surface area contributed by atoms with Crippen LogP contribution in [0.15, 0.2) is 24.5 Å². The molecule has 0 radical (unpaired) electrons. The molecule has 1 aliphatic heterocycles. The summed E-state index contributed by atoms with van der Waals surface area (Å²) in [6.07, 6.45) is 5.79. The van der Waals surface area contributed by atoms with Gasteiger partial charge < -0.3 is 14.6 Å². The highest BCUT2D eigenvalue weighted by atomic mass is 16.5. The minimum atomic E-state index is -0.207. The molecule has 1 N–H and O–H groups in total. The van der Waals surface area contributed by atoms with Crippen LogP contribution in [0, 0.1) is 5.92 Å². The Morgan fingerprint density at radius 2 is 2.38 bits per heavy atom. The number of amides is 1. The van der Waals surface area contributed by atoms with Gasteiger partial charge in [0.2, 0.25) is 5.88 Å². The molecule has 0 bridgehead atoms. The van der Waals surface area contributed by atoms with E-state index >= 15 is 0 Å². The van der Waals surface area contributed by atoms with E-state index in [4.69, 9.17) is 4.74 Å². The standard InChI is InChI=1S/C14H17N5O2/c1-21-13-5-3-11(17-18-13)14(20)16-8-10-2-4-12-15-6-7-19(12)9-10/h3,5-7,10H,2,4,8-9H2,1H3,(H,16,20)/t10-/m1/s1. The molecule has 21 heavy (non-hydrogen) atoms. The summed E-state index contributed by atoms with van der Waals surface area (Å²) in [6, 6.07) is 3.23. The topological polar surface area (TPSA) is 81.9 Å². The van der Waals surface area contributed by atoms with Crippen molar-refractivity contribution in [3.8, 4) is 5.88 Å². The van der Waals surface area contributed by atoms with Crippen LogP contribution in [-0.4, -0.2) is 39.3 Å². The lowest BCUT2D eigenvalue weighted by Gasteiger charge is -2.23. The third kappa shape index (κ3) is 3.01. The average molecular weight is 287 g/mol. The number of methoxy groups -OCH3 is 1. The number of nitrogens with one attached hydrogen (secondary N) is 1. The van der Waals surface area contributed by atoms with E-state index in [-0.39, 0.29) is 5.91 Å². The highest BCUT2D eigenvalue weighted by Crippen LogP contribution is 2.18. The third-order valence-electron chi connectivity index (χ3n) is 3.67. The van der Waals surface area contributed by atoms with E-state index in [0.29, 0.717) is 24.0 Å². The zero-order chi connectivity index (χ0) is 14.7. The number of imidazole rings is 1. The normalized spacial score (nSPS) is 17.1. The third-order valence-corrected chi connectivity index (χ3v) is 3.67. The van der Waals surface area contributed by atoms with Crippen LogP contribution in [0.4, 0.5) is 0 Å². The highest BCUT2D eigenvalue weighted by Gasteiger charge is 2.19. The first kappa shape index (κ1) is 13.5. The van der Waals surface area contributed by atoms with Gasteiger partial charge in [-0.1, -0.05) is 0 Å². The molecule has 0 aromatic carbocycles. The molecule has 0 unspecified atom stereocenters. The summed E-state index contributed by atoms with van der Waals surface area (Å²) in [5.41, 5.74) is 0.301. The number of ether oxygens (including phenoxy) is 1. The monoisotopic (exact) mass is 287 g/mol.